The Morgan fingerprint density at radius 2 is 2.15 bits per heavy atom. The zero-order valence-electron chi connectivity index (χ0n) is 14.5. The molecule has 2 aliphatic rings. The monoisotopic (exact) mass is 379 g/mol. The first-order valence-electron chi connectivity index (χ1n) is 8.88. The van der Waals surface area contributed by atoms with Crippen molar-refractivity contribution in [3.63, 3.8) is 0 Å². The molecule has 1 aromatic carbocycles. The topological polar surface area (TPSA) is 75.3 Å². The molecule has 1 fully saturated rings. The molecule has 136 valence electrons. The Kier molecular flexibility index (Phi) is 3.65. The van der Waals surface area contributed by atoms with Gasteiger partial charge in [0.2, 0.25) is 0 Å². The number of hydrogen-bond donors (Lipinski definition) is 1. The summed E-state index contributed by atoms with van der Waals surface area (Å²) >= 11 is 1.59. The lowest BCUT2D eigenvalue weighted by molar-refractivity contribution is -0.0443. The lowest BCUT2D eigenvalue weighted by atomic mass is 9.85. The Balaban J connectivity index is 1.42. The normalized spacial score (nSPS) is 21.3. The number of rotatable bonds is 2. The van der Waals surface area contributed by atoms with E-state index < -0.39 is 5.60 Å². The maximum Gasteiger partial charge on any atom is 0.339 e. The fourth-order valence-corrected chi connectivity index (χ4v) is 4.69. The van der Waals surface area contributed by atoms with Crippen molar-refractivity contribution in [3.05, 3.63) is 64.7 Å². The van der Waals surface area contributed by atoms with Gasteiger partial charge in [0.25, 0.3) is 5.91 Å². The average Bonchev–Trinajstić information content (AvgIpc) is 3.42. The molecule has 3 aromatic rings. The number of carbonyl (C=O) groups excluding carboxylic acids is 2. The number of ether oxygens (including phenoxy) is 1. The summed E-state index contributed by atoms with van der Waals surface area (Å²) in [5, 5.41) is 9.13. The van der Waals surface area contributed by atoms with Crippen LogP contribution in [0.2, 0.25) is 0 Å². The molecule has 2 aromatic heterocycles. The maximum absolute atomic E-state index is 13.0. The van der Waals surface area contributed by atoms with E-state index in [0.29, 0.717) is 24.3 Å². The molecule has 1 spiro atoms. The number of thiophene rings is 1. The number of H-pyrrole nitrogens is 1. The number of fused-ring (bicyclic) bond motifs is 2. The second kappa shape index (κ2) is 6.06. The number of esters is 1. The van der Waals surface area contributed by atoms with Crippen molar-refractivity contribution >= 4 is 23.2 Å². The number of amides is 1. The molecule has 1 saturated heterocycles. The van der Waals surface area contributed by atoms with Gasteiger partial charge in [-0.25, -0.2) is 4.79 Å². The number of hydrogen-bond acceptors (Lipinski definition) is 5. The van der Waals surface area contributed by atoms with Gasteiger partial charge in [-0.2, -0.15) is 5.10 Å². The third kappa shape index (κ3) is 2.57. The SMILES string of the molecule is O=C1OC2(CCCN(C(=O)c3cc(-c4cccs4)[nH]n3)C2)c2ccccc21. The number of benzene rings is 1. The molecule has 2 aliphatic heterocycles. The lowest BCUT2D eigenvalue weighted by Crippen LogP contribution is -2.48. The Hall–Kier alpha value is -2.93. The molecule has 1 unspecified atom stereocenters. The zero-order valence-corrected chi connectivity index (χ0v) is 15.3. The molecule has 0 bridgehead atoms. The Bertz CT molecular complexity index is 1030. The van der Waals surface area contributed by atoms with E-state index in [1.165, 1.54) is 0 Å². The number of aromatic amines is 1. The summed E-state index contributed by atoms with van der Waals surface area (Å²) in [7, 11) is 0. The fraction of sp³-hybridized carbons (Fsp3) is 0.250. The maximum atomic E-state index is 13.0. The van der Waals surface area contributed by atoms with Gasteiger partial charge in [0.1, 0.15) is 0 Å². The molecular formula is C20H17N3O3S. The number of nitrogens with one attached hydrogen (secondary N) is 1. The van der Waals surface area contributed by atoms with Gasteiger partial charge >= 0.3 is 5.97 Å². The predicted molar refractivity (Wildman–Crippen MR) is 101 cm³/mol. The molecule has 0 radical (unpaired) electrons. The summed E-state index contributed by atoms with van der Waals surface area (Å²) in [6.45, 7) is 0.983. The largest absolute Gasteiger partial charge is 0.449 e. The van der Waals surface area contributed by atoms with Crippen LogP contribution in [0.1, 0.15) is 39.3 Å². The second-order valence-electron chi connectivity index (χ2n) is 6.90. The highest BCUT2D eigenvalue weighted by Gasteiger charge is 2.48. The van der Waals surface area contributed by atoms with Crippen LogP contribution >= 0.6 is 11.3 Å². The molecule has 0 saturated carbocycles. The highest BCUT2D eigenvalue weighted by Crippen LogP contribution is 2.43. The Morgan fingerprint density at radius 1 is 1.26 bits per heavy atom. The van der Waals surface area contributed by atoms with E-state index in [0.717, 1.165) is 29.0 Å². The molecule has 7 heteroatoms. The molecule has 0 aliphatic carbocycles. The lowest BCUT2D eigenvalue weighted by Gasteiger charge is -2.39. The zero-order chi connectivity index (χ0) is 18.4. The van der Waals surface area contributed by atoms with E-state index in [-0.39, 0.29) is 11.9 Å². The van der Waals surface area contributed by atoms with Gasteiger partial charge in [-0.15, -0.1) is 11.3 Å². The first-order valence-corrected chi connectivity index (χ1v) is 9.76. The molecule has 5 rings (SSSR count). The summed E-state index contributed by atoms with van der Waals surface area (Å²) in [4.78, 5) is 28.1. The van der Waals surface area contributed by atoms with Crippen LogP contribution < -0.4 is 0 Å². The third-order valence-corrected chi connectivity index (χ3v) is 6.15. The van der Waals surface area contributed by atoms with Crippen molar-refractivity contribution in [1.82, 2.24) is 15.1 Å². The number of aromatic nitrogens is 2. The van der Waals surface area contributed by atoms with Crippen LogP contribution in [-0.2, 0) is 10.3 Å². The van der Waals surface area contributed by atoms with Gasteiger partial charge in [0.05, 0.1) is 22.7 Å². The van der Waals surface area contributed by atoms with Crippen molar-refractivity contribution in [2.24, 2.45) is 0 Å². The van der Waals surface area contributed by atoms with Crippen molar-refractivity contribution in [3.8, 4) is 10.6 Å². The second-order valence-corrected chi connectivity index (χ2v) is 7.85. The fourth-order valence-electron chi connectivity index (χ4n) is 4.00. The summed E-state index contributed by atoms with van der Waals surface area (Å²) in [6.07, 6.45) is 1.50. The molecule has 6 nitrogen and oxygen atoms in total. The van der Waals surface area contributed by atoms with E-state index in [1.807, 2.05) is 35.7 Å². The van der Waals surface area contributed by atoms with Gasteiger partial charge in [-0.05, 0) is 36.4 Å². The number of carbonyl (C=O) groups is 2. The highest BCUT2D eigenvalue weighted by atomic mass is 32.1. The van der Waals surface area contributed by atoms with Crippen LogP contribution in [0.5, 0.6) is 0 Å². The highest BCUT2D eigenvalue weighted by molar-refractivity contribution is 7.13. The van der Waals surface area contributed by atoms with Gasteiger partial charge in [0, 0.05) is 12.1 Å². The van der Waals surface area contributed by atoms with Crippen LogP contribution in [-0.4, -0.2) is 40.1 Å². The minimum absolute atomic E-state index is 0.145. The molecule has 1 amide bonds. The summed E-state index contributed by atoms with van der Waals surface area (Å²) in [5.41, 5.74) is 1.96. The first-order chi connectivity index (χ1) is 13.2. The van der Waals surface area contributed by atoms with E-state index in [2.05, 4.69) is 10.2 Å². The standard InChI is InChI=1S/C20H17N3O3S/c24-18(16-11-15(21-22-16)17-7-3-10-27-17)23-9-4-8-20(12-23)14-6-2-1-5-13(14)19(25)26-20/h1-3,5-7,10-11H,4,8-9,12H2,(H,21,22). The molecule has 4 heterocycles. The van der Waals surface area contributed by atoms with Crippen LogP contribution in [0.3, 0.4) is 0 Å². The van der Waals surface area contributed by atoms with Crippen LogP contribution in [0.15, 0.2) is 47.8 Å². The molecule has 1 atom stereocenters. The molecular weight excluding hydrogens is 362 g/mol. The molecule has 27 heavy (non-hydrogen) atoms. The Labute approximate surface area is 159 Å². The van der Waals surface area contributed by atoms with Crippen LogP contribution in [0.25, 0.3) is 10.6 Å². The Morgan fingerprint density at radius 3 is 3.00 bits per heavy atom. The summed E-state index contributed by atoms with van der Waals surface area (Å²) < 4.78 is 5.78. The van der Waals surface area contributed by atoms with E-state index >= 15 is 0 Å². The summed E-state index contributed by atoms with van der Waals surface area (Å²) in [5.74, 6) is -0.451. The first kappa shape index (κ1) is 16.3. The van der Waals surface area contributed by atoms with Crippen molar-refractivity contribution in [2.45, 2.75) is 18.4 Å². The smallest absolute Gasteiger partial charge is 0.339 e. The van der Waals surface area contributed by atoms with Gasteiger partial charge < -0.3 is 9.64 Å². The quantitative estimate of drug-likeness (QED) is 0.692. The van der Waals surface area contributed by atoms with Crippen LogP contribution in [0.4, 0.5) is 0 Å². The average molecular weight is 379 g/mol. The number of nitrogens with zero attached hydrogens (tertiary/aromatic N) is 2. The third-order valence-electron chi connectivity index (χ3n) is 5.25. The van der Waals surface area contributed by atoms with Crippen molar-refractivity contribution in [2.75, 3.05) is 13.1 Å². The van der Waals surface area contributed by atoms with Gasteiger partial charge in [-0.1, -0.05) is 24.3 Å². The van der Waals surface area contributed by atoms with Crippen molar-refractivity contribution in [1.29, 1.82) is 0 Å². The minimum atomic E-state index is -0.742. The van der Waals surface area contributed by atoms with Gasteiger partial charge in [0.15, 0.2) is 11.3 Å². The van der Waals surface area contributed by atoms with Crippen molar-refractivity contribution < 1.29 is 14.3 Å². The minimum Gasteiger partial charge on any atom is -0.449 e. The summed E-state index contributed by atoms with van der Waals surface area (Å²) in [6, 6.07) is 13.2. The van der Waals surface area contributed by atoms with Gasteiger partial charge in [-0.3, -0.25) is 9.89 Å². The number of likely N-dealkylation sites (tertiary alicyclic amines) is 1. The van der Waals surface area contributed by atoms with E-state index in [1.54, 1.807) is 28.4 Å². The molecule has 1 N–H and O–H groups in total. The van der Waals surface area contributed by atoms with E-state index in [4.69, 9.17) is 4.74 Å². The van der Waals surface area contributed by atoms with E-state index in [9.17, 15) is 9.59 Å². The number of piperidine rings is 1. The van der Waals surface area contributed by atoms with Crippen LogP contribution in [0, 0.1) is 0 Å². The predicted octanol–water partition coefficient (Wildman–Crippen LogP) is 3.44.